The monoisotopic (exact) mass is 238 g/mol. The Hall–Kier alpha value is -0.730. The highest BCUT2D eigenvalue weighted by Gasteiger charge is 2.22. The molecule has 1 aliphatic carbocycles. The fourth-order valence-electron chi connectivity index (χ4n) is 2.09. The molecule has 2 rings (SSSR count). The predicted octanol–water partition coefficient (Wildman–Crippen LogP) is 3.35. The number of rotatable bonds is 3. The molecule has 0 saturated heterocycles. The summed E-state index contributed by atoms with van der Waals surface area (Å²) in [4.78, 5) is 2.32. The quantitative estimate of drug-likeness (QED) is 0.875. The summed E-state index contributed by atoms with van der Waals surface area (Å²) >= 11 is 6.23. The van der Waals surface area contributed by atoms with Gasteiger partial charge in [-0.2, -0.15) is 0 Å². The third-order valence-corrected chi connectivity index (χ3v) is 3.83. The summed E-state index contributed by atoms with van der Waals surface area (Å²) in [7, 11) is 2.14. The summed E-state index contributed by atoms with van der Waals surface area (Å²) in [6.07, 6.45) is 3.94. The van der Waals surface area contributed by atoms with Crippen molar-refractivity contribution in [2.24, 2.45) is 5.73 Å². The Morgan fingerprint density at radius 2 is 2.12 bits per heavy atom. The van der Waals surface area contributed by atoms with E-state index in [1.807, 2.05) is 19.1 Å². The molecule has 0 radical (unpaired) electrons. The Bertz CT molecular complexity index is 372. The van der Waals surface area contributed by atoms with E-state index in [9.17, 15) is 0 Å². The molecule has 0 bridgehead atoms. The van der Waals surface area contributed by atoms with Gasteiger partial charge in [-0.3, -0.25) is 0 Å². The zero-order valence-electron chi connectivity index (χ0n) is 9.91. The summed E-state index contributed by atoms with van der Waals surface area (Å²) in [5.41, 5.74) is 8.05. The van der Waals surface area contributed by atoms with Gasteiger partial charge in [-0.25, -0.2) is 0 Å². The first-order valence-corrected chi connectivity index (χ1v) is 6.25. The normalized spacial score (nSPS) is 18.0. The van der Waals surface area contributed by atoms with Crippen LogP contribution in [-0.2, 0) is 0 Å². The van der Waals surface area contributed by atoms with Crippen LogP contribution in [0.3, 0.4) is 0 Å². The molecule has 2 N–H and O–H groups in total. The van der Waals surface area contributed by atoms with Crippen LogP contribution in [0, 0.1) is 0 Å². The maximum Gasteiger partial charge on any atom is 0.0474 e. The number of hydrogen-bond donors (Lipinski definition) is 1. The van der Waals surface area contributed by atoms with E-state index in [2.05, 4.69) is 18.0 Å². The van der Waals surface area contributed by atoms with Crippen LogP contribution in [-0.4, -0.2) is 13.1 Å². The van der Waals surface area contributed by atoms with Gasteiger partial charge in [-0.15, -0.1) is 0 Å². The van der Waals surface area contributed by atoms with Crippen LogP contribution in [0.25, 0.3) is 0 Å². The van der Waals surface area contributed by atoms with E-state index in [0.717, 1.165) is 10.6 Å². The molecule has 1 fully saturated rings. The number of nitrogens with zero attached hydrogens (tertiary/aromatic N) is 1. The summed E-state index contributed by atoms with van der Waals surface area (Å²) < 4.78 is 0. The first-order chi connectivity index (χ1) is 7.59. The van der Waals surface area contributed by atoms with Crippen molar-refractivity contribution in [3.05, 3.63) is 28.8 Å². The van der Waals surface area contributed by atoms with Crippen molar-refractivity contribution in [2.75, 3.05) is 11.9 Å². The molecule has 0 aromatic heterocycles. The number of benzene rings is 1. The van der Waals surface area contributed by atoms with Gasteiger partial charge < -0.3 is 10.6 Å². The molecule has 1 aromatic carbocycles. The van der Waals surface area contributed by atoms with Gasteiger partial charge in [-0.05, 0) is 43.9 Å². The second-order valence-electron chi connectivity index (χ2n) is 4.69. The molecule has 88 valence electrons. The third-order valence-electron chi connectivity index (χ3n) is 3.50. The highest BCUT2D eigenvalue weighted by molar-refractivity contribution is 6.31. The van der Waals surface area contributed by atoms with E-state index in [0.29, 0.717) is 6.04 Å². The standard InChI is InChI=1S/C13H19ClN2/c1-9(15)12-7-6-11(8-13(12)14)16(2)10-4-3-5-10/h6-10H,3-5,15H2,1-2H3. The molecule has 1 unspecified atom stereocenters. The molecule has 0 amide bonds. The van der Waals surface area contributed by atoms with Gasteiger partial charge >= 0.3 is 0 Å². The zero-order chi connectivity index (χ0) is 11.7. The average molecular weight is 239 g/mol. The number of anilines is 1. The molecule has 2 nitrogen and oxygen atoms in total. The molecule has 16 heavy (non-hydrogen) atoms. The Morgan fingerprint density at radius 3 is 2.56 bits per heavy atom. The van der Waals surface area contributed by atoms with Crippen molar-refractivity contribution in [3.63, 3.8) is 0 Å². The maximum absolute atomic E-state index is 6.23. The van der Waals surface area contributed by atoms with Crippen LogP contribution >= 0.6 is 11.6 Å². The maximum atomic E-state index is 6.23. The fraction of sp³-hybridized carbons (Fsp3) is 0.538. The summed E-state index contributed by atoms with van der Waals surface area (Å²) in [6.45, 7) is 1.95. The van der Waals surface area contributed by atoms with Gasteiger partial charge in [0, 0.05) is 29.8 Å². The van der Waals surface area contributed by atoms with Crippen LogP contribution in [0.5, 0.6) is 0 Å². The lowest BCUT2D eigenvalue weighted by Crippen LogP contribution is -2.37. The summed E-state index contributed by atoms with van der Waals surface area (Å²) in [5, 5.41) is 0.777. The molecule has 3 heteroatoms. The summed E-state index contributed by atoms with van der Waals surface area (Å²) in [5.74, 6) is 0. The molecule has 1 aromatic rings. The Morgan fingerprint density at radius 1 is 1.44 bits per heavy atom. The van der Waals surface area contributed by atoms with Crippen molar-refractivity contribution in [1.82, 2.24) is 0 Å². The fourth-order valence-corrected chi connectivity index (χ4v) is 2.44. The van der Waals surface area contributed by atoms with E-state index in [4.69, 9.17) is 17.3 Å². The Labute approximate surface area is 102 Å². The van der Waals surface area contributed by atoms with Gasteiger partial charge in [0.1, 0.15) is 0 Å². The molecule has 1 saturated carbocycles. The van der Waals surface area contributed by atoms with E-state index in [1.165, 1.54) is 24.9 Å². The van der Waals surface area contributed by atoms with Crippen LogP contribution in [0.4, 0.5) is 5.69 Å². The van der Waals surface area contributed by atoms with Crippen LogP contribution in [0.2, 0.25) is 5.02 Å². The Balaban J connectivity index is 2.19. The van der Waals surface area contributed by atoms with Gasteiger partial charge in [0.25, 0.3) is 0 Å². The topological polar surface area (TPSA) is 29.3 Å². The van der Waals surface area contributed by atoms with Gasteiger partial charge in [0.2, 0.25) is 0 Å². The lowest BCUT2D eigenvalue weighted by atomic mass is 9.91. The molecule has 1 atom stereocenters. The SMILES string of the molecule is CC(N)c1ccc(N(C)C2CCC2)cc1Cl. The zero-order valence-corrected chi connectivity index (χ0v) is 10.7. The lowest BCUT2D eigenvalue weighted by molar-refractivity contribution is 0.401. The summed E-state index contributed by atoms with van der Waals surface area (Å²) in [6, 6.07) is 6.87. The van der Waals surface area contributed by atoms with E-state index in [-0.39, 0.29) is 6.04 Å². The number of halogens is 1. The van der Waals surface area contributed by atoms with E-state index < -0.39 is 0 Å². The number of nitrogens with two attached hydrogens (primary N) is 1. The van der Waals surface area contributed by atoms with Gasteiger partial charge in [0.15, 0.2) is 0 Å². The molecular weight excluding hydrogens is 220 g/mol. The van der Waals surface area contributed by atoms with Gasteiger partial charge in [0.05, 0.1) is 0 Å². The molecule has 0 spiro atoms. The smallest absolute Gasteiger partial charge is 0.0474 e. The van der Waals surface area contributed by atoms with Crippen molar-refractivity contribution < 1.29 is 0 Å². The second-order valence-corrected chi connectivity index (χ2v) is 5.10. The predicted molar refractivity (Wildman–Crippen MR) is 70.1 cm³/mol. The number of hydrogen-bond acceptors (Lipinski definition) is 2. The van der Waals surface area contributed by atoms with E-state index in [1.54, 1.807) is 0 Å². The highest BCUT2D eigenvalue weighted by Crippen LogP contribution is 2.31. The van der Waals surface area contributed by atoms with E-state index >= 15 is 0 Å². The third kappa shape index (κ3) is 2.18. The van der Waals surface area contributed by atoms with Crippen molar-refractivity contribution in [2.45, 2.75) is 38.3 Å². The molecule has 1 aliphatic rings. The Kier molecular flexibility index (Phi) is 3.41. The largest absolute Gasteiger partial charge is 0.372 e. The van der Waals surface area contributed by atoms with Gasteiger partial charge in [-0.1, -0.05) is 17.7 Å². The molecular formula is C13H19ClN2. The van der Waals surface area contributed by atoms with Crippen LogP contribution in [0.1, 0.15) is 37.8 Å². The second kappa shape index (κ2) is 4.64. The minimum atomic E-state index is -0.00411. The van der Waals surface area contributed by atoms with Crippen molar-refractivity contribution in [1.29, 1.82) is 0 Å². The average Bonchev–Trinajstić information content (AvgIpc) is 2.14. The molecule has 0 aliphatic heterocycles. The van der Waals surface area contributed by atoms with Crippen molar-refractivity contribution >= 4 is 17.3 Å². The first-order valence-electron chi connectivity index (χ1n) is 5.87. The minimum absolute atomic E-state index is 0.00411. The minimum Gasteiger partial charge on any atom is -0.372 e. The first kappa shape index (κ1) is 11.7. The van der Waals surface area contributed by atoms with Crippen LogP contribution in [0.15, 0.2) is 18.2 Å². The van der Waals surface area contributed by atoms with Crippen LogP contribution < -0.4 is 10.6 Å². The molecule has 0 heterocycles. The highest BCUT2D eigenvalue weighted by atomic mass is 35.5. The van der Waals surface area contributed by atoms with Crippen molar-refractivity contribution in [3.8, 4) is 0 Å². The lowest BCUT2D eigenvalue weighted by Gasteiger charge is -2.36.